The molecule has 27 heavy (non-hydrogen) atoms. The second-order valence-corrected chi connectivity index (χ2v) is 7.19. The molecule has 5 heteroatoms. The Kier molecular flexibility index (Phi) is 6.22. The predicted molar refractivity (Wildman–Crippen MR) is 106 cm³/mol. The molecule has 1 aromatic heterocycles. The van der Waals surface area contributed by atoms with E-state index in [9.17, 15) is 9.59 Å². The maximum atomic E-state index is 12.9. The van der Waals surface area contributed by atoms with Gasteiger partial charge in [0, 0.05) is 31.5 Å². The molecule has 1 aromatic carbocycles. The second-order valence-electron chi connectivity index (χ2n) is 7.19. The molecule has 2 aromatic rings. The fourth-order valence-electron chi connectivity index (χ4n) is 3.53. The third-order valence-corrected chi connectivity index (χ3v) is 5.18. The molecule has 3 rings (SSSR count). The fourth-order valence-corrected chi connectivity index (χ4v) is 3.53. The Morgan fingerprint density at radius 1 is 1.15 bits per heavy atom. The number of rotatable bonds is 5. The number of aryl methyl sites for hydroxylation is 1. The quantitative estimate of drug-likeness (QED) is 0.878. The van der Waals surface area contributed by atoms with Gasteiger partial charge in [-0.2, -0.15) is 0 Å². The van der Waals surface area contributed by atoms with E-state index in [4.69, 9.17) is 0 Å². The van der Waals surface area contributed by atoms with Gasteiger partial charge in [0.15, 0.2) is 0 Å². The molecule has 1 fully saturated rings. The van der Waals surface area contributed by atoms with E-state index in [1.807, 2.05) is 36.1 Å². The molecule has 5 nitrogen and oxygen atoms in total. The number of pyridine rings is 1. The van der Waals surface area contributed by atoms with Crippen molar-refractivity contribution in [1.29, 1.82) is 0 Å². The summed E-state index contributed by atoms with van der Waals surface area (Å²) in [6, 6.07) is 9.96. The van der Waals surface area contributed by atoms with Crippen molar-refractivity contribution < 1.29 is 9.59 Å². The van der Waals surface area contributed by atoms with Gasteiger partial charge in [0.25, 0.3) is 11.8 Å². The highest BCUT2D eigenvalue weighted by molar-refractivity contribution is 5.99. The summed E-state index contributed by atoms with van der Waals surface area (Å²) in [6.07, 6.45) is 7.27. The van der Waals surface area contributed by atoms with E-state index in [2.05, 4.69) is 17.2 Å². The van der Waals surface area contributed by atoms with Gasteiger partial charge in [-0.25, -0.2) is 0 Å². The van der Waals surface area contributed by atoms with Crippen LogP contribution in [-0.2, 0) is 6.54 Å². The number of carbonyl (C=O) groups is 2. The van der Waals surface area contributed by atoms with Crippen LogP contribution in [0.4, 0.5) is 0 Å². The van der Waals surface area contributed by atoms with Gasteiger partial charge in [0.05, 0.1) is 11.1 Å². The molecule has 1 saturated heterocycles. The highest BCUT2D eigenvalue weighted by Crippen LogP contribution is 2.22. The van der Waals surface area contributed by atoms with Crippen LogP contribution in [-0.4, -0.2) is 34.3 Å². The van der Waals surface area contributed by atoms with Crippen LogP contribution in [0.3, 0.4) is 0 Å². The van der Waals surface area contributed by atoms with Crippen LogP contribution in [0.25, 0.3) is 0 Å². The van der Waals surface area contributed by atoms with Crippen LogP contribution < -0.4 is 5.32 Å². The summed E-state index contributed by atoms with van der Waals surface area (Å²) in [4.78, 5) is 31.5. The number of hydrogen-bond acceptors (Lipinski definition) is 3. The predicted octanol–water partition coefficient (Wildman–Crippen LogP) is 3.72. The molecule has 0 radical (unpaired) electrons. The second kappa shape index (κ2) is 8.80. The Bertz CT molecular complexity index is 801. The first kappa shape index (κ1) is 19.1. The standard InChI is InChI=1S/C22H27N3O2/c1-3-20-6-4-5-11-25(20)22(27)19-12-18(14-23-15-19)21(26)24-13-17-9-7-16(2)8-10-17/h7-10,12,14-15,20H,3-6,11,13H2,1-2H3,(H,24,26). The molecule has 0 bridgehead atoms. The summed E-state index contributed by atoms with van der Waals surface area (Å²) in [5.74, 6) is -0.245. The van der Waals surface area contributed by atoms with Crippen molar-refractivity contribution in [1.82, 2.24) is 15.2 Å². The Balaban J connectivity index is 1.67. The number of benzene rings is 1. The van der Waals surface area contributed by atoms with Crippen LogP contribution in [0.2, 0.25) is 0 Å². The lowest BCUT2D eigenvalue weighted by Crippen LogP contribution is -2.43. The molecule has 0 saturated carbocycles. The largest absolute Gasteiger partial charge is 0.348 e. The van der Waals surface area contributed by atoms with Crippen molar-refractivity contribution in [3.05, 3.63) is 65.0 Å². The number of aromatic nitrogens is 1. The average Bonchev–Trinajstić information content (AvgIpc) is 2.72. The molecule has 1 unspecified atom stereocenters. The molecular formula is C22H27N3O2. The summed E-state index contributed by atoms with van der Waals surface area (Å²) in [5, 5.41) is 2.90. The third kappa shape index (κ3) is 4.73. The Hall–Kier alpha value is -2.69. The Labute approximate surface area is 160 Å². The number of piperidine rings is 1. The molecule has 2 heterocycles. The zero-order valence-electron chi connectivity index (χ0n) is 16.1. The first-order chi connectivity index (χ1) is 13.1. The summed E-state index contributed by atoms with van der Waals surface area (Å²) >= 11 is 0. The summed E-state index contributed by atoms with van der Waals surface area (Å²) in [7, 11) is 0. The lowest BCUT2D eigenvalue weighted by molar-refractivity contribution is 0.0607. The van der Waals surface area contributed by atoms with Gasteiger partial charge in [-0.1, -0.05) is 36.8 Å². The maximum Gasteiger partial charge on any atom is 0.255 e. The van der Waals surface area contributed by atoms with E-state index in [1.54, 1.807) is 12.3 Å². The number of carbonyl (C=O) groups excluding carboxylic acids is 2. The van der Waals surface area contributed by atoms with E-state index < -0.39 is 0 Å². The Morgan fingerprint density at radius 2 is 1.89 bits per heavy atom. The van der Waals surface area contributed by atoms with Gasteiger partial charge >= 0.3 is 0 Å². The van der Waals surface area contributed by atoms with Gasteiger partial charge in [-0.3, -0.25) is 14.6 Å². The SMILES string of the molecule is CCC1CCCCN1C(=O)c1cncc(C(=O)NCc2ccc(C)cc2)c1. The van der Waals surface area contributed by atoms with Crippen molar-refractivity contribution in [3.8, 4) is 0 Å². The van der Waals surface area contributed by atoms with Crippen molar-refractivity contribution in [3.63, 3.8) is 0 Å². The van der Waals surface area contributed by atoms with Crippen molar-refractivity contribution in [2.75, 3.05) is 6.54 Å². The van der Waals surface area contributed by atoms with Crippen molar-refractivity contribution in [2.24, 2.45) is 0 Å². The monoisotopic (exact) mass is 365 g/mol. The Morgan fingerprint density at radius 3 is 2.63 bits per heavy atom. The lowest BCUT2D eigenvalue weighted by Gasteiger charge is -2.35. The number of amides is 2. The molecule has 1 N–H and O–H groups in total. The van der Waals surface area contributed by atoms with E-state index in [-0.39, 0.29) is 17.9 Å². The van der Waals surface area contributed by atoms with Gasteiger partial charge < -0.3 is 10.2 Å². The normalized spacial score (nSPS) is 16.8. The van der Waals surface area contributed by atoms with Gasteiger partial charge in [0.2, 0.25) is 0 Å². The number of likely N-dealkylation sites (tertiary alicyclic amines) is 1. The highest BCUT2D eigenvalue weighted by Gasteiger charge is 2.26. The van der Waals surface area contributed by atoms with Crippen LogP contribution in [0, 0.1) is 6.92 Å². The average molecular weight is 365 g/mol. The summed E-state index contributed by atoms with van der Waals surface area (Å²) < 4.78 is 0. The number of nitrogens with one attached hydrogen (secondary N) is 1. The zero-order chi connectivity index (χ0) is 19.2. The summed E-state index contributed by atoms with van der Waals surface area (Å²) in [6.45, 7) is 5.37. The minimum Gasteiger partial charge on any atom is -0.348 e. The van der Waals surface area contributed by atoms with E-state index in [1.165, 1.54) is 18.2 Å². The third-order valence-electron chi connectivity index (χ3n) is 5.18. The van der Waals surface area contributed by atoms with Crippen molar-refractivity contribution >= 4 is 11.8 Å². The molecule has 142 valence electrons. The van der Waals surface area contributed by atoms with E-state index >= 15 is 0 Å². The molecule has 0 aliphatic carbocycles. The molecular weight excluding hydrogens is 338 g/mol. The first-order valence-corrected chi connectivity index (χ1v) is 9.68. The van der Waals surface area contributed by atoms with Crippen LogP contribution in [0.1, 0.15) is 64.4 Å². The van der Waals surface area contributed by atoms with Crippen LogP contribution in [0.15, 0.2) is 42.7 Å². The minimum absolute atomic E-state index is 0.0257. The van der Waals surface area contributed by atoms with Gasteiger partial charge in [0.1, 0.15) is 0 Å². The van der Waals surface area contributed by atoms with Crippen LogP contribution >= 0.6 is 0 Å². The summed E-state index contributed by atoms with van der Waals surface area (Å²) in [5.41, 5.74) is 3.12. The molecule has 0 spiro atoms. The smallest absolute Gasteiger partial charge is 0.255 e. The van der Waals surface area contributed by atoms with E-state index in [0.29, 0.717) is 17.7 Å². The fraction of sp³-hybridized carbons (Fsp3) is 0.409. The number of hydrogen-bond donors (Lipinski definition) is 1. The van der Waals surface area contributed by atoms with E-state index in [0.717, 1.165) is 31.4 Å². The van der Waals surface area contributed by atoms with Crippen molar-refractivity contribution in [2.45, 2.75) is 52.1 Å². The van der Waals surface area contributed by atoms with Crippen LogP contribution in [0.5, 0.6) is 0 Å². The maximum absolute atomic E-state index is 12.9. The molecule has 1 atom stereocenters. The molecule has 1 aliphatic rings. The highest BCUT2D eigenvalue weighted by atomic mass is 16.2. The van der Waals surface area contributed by atoms with Gasteiger partial charge in [-0.15, -0.1) is 0 Å². The topological polar surface area (TPSA) is 62.3 Å². The van der Waals surface area contributed by atoms with Gasteiger partial charge in [-0.05, 0) is 44.2 Å². The zero-order valence-corrected chi connectivity index (χ0v) is 16.1. The first-order valence-electron chi connectivity index (χ1n) is 9.68. The molecule has 2 amide bonds. The molecule has 1 aliphatic heterocycles. The lowest BCUT2D eigenvalue weighted by atomic mass is 9.99. The minimum atomic E-state index is -0.219. The number of nitrogens with zero attached hydrogens (tertiary/aromatic N) is 2.